The van der Waals surface area contributed by atoms with Crippen molar-refractivity contribution in [3.8, 4) is 17.2 Å². The molecule has 5 nitrogen and oxygen atoms in total. The molecule has 0 unspecified atom stereocenters. The molecule has 38 heavy (non-hydrogen) atoms. The number of imide groups is 1. The SMILES string of the molecule is COc1ccccc1Oc1ccc(N2C(=O)[C@@H]3[C@H](C2=O)[C@H](c2ccccc2)C=C[C@H]3c2ccccc2)cc1. The molecule has 5 heteroatoms. The van der Waals surface area contributed by atoms with Gasteiger partial charge in [0.2, 0.25) is 11.8 Å². The molecule has 4 aromatic rings. The second kappa shape index (κ2) is 10.0. The normalized spacial score (nSPS) is 22.3. The van der Waals surface area contributed by atoms with Gasteiger partial charge in [0.15, 0.2) is 11.5 Å². The second-order valence-corrected chi connectivity index (χ2v) is 9.57. The first-order chi connectivity index (χ1) is 18.7. The van der Waals surface area contributed by atoms with Crippen LogP contribution in [-0.2, 0) is 9.59 Å². The Labute approximate surface area is 221 Å². The number of amides is 2. The van der Waals surface area contributed by atoms with Crippen LogP contribution in [0.2, 0.25) is 0 Å². The van der Waals surface area contributed by atoms with Gasteiger partial charge in [-0.05, 0) is 47.5 Å². The van der Waals surface area contributed by atoms with E-state index in [-0.39, 0.29) is 23.7 Å². The maximum absolute atomic E-state index is 14.0. The summed E-state index contributed by atoms with van der Waals surface area (Å²) in [5.41, 5.74) is 2.61. The van der Waals surface area contributed by atoms with Gasteiger partial charge >= 0.3 is 0 Å². The molecule has 1 fully saturated rings. The number of carbonyl (C=O) groups excluding carboxylic acids is 2. The largest absolute Gasteiger partial charge is 0.493 e. The number of methoxy groups -OCH3 is 1. The summed E-state index contributed by atoms with van der Waals surface area (Å²) in [6, 6.07) is 34.4. The molecule has 4 atom stereocenters. The molecule has 1 heterocycles. The van der Waals surface area contributed by atoms with Crippen LogP contribution in [-0.4, -0.2) is 18.9 Å². The Balaban J connectivity index is 1.34. The van der Waals surface area contributed by atoms with Gasteiger partial charge in [0.1, 0.15) is 5.75 Å². The molecule has 6 rings (SSSR count). The molecule has 188 valence electrons. The number of nitrogens with zero attached hydrogens (tertiary/aromatic N) is 1. The smallest absolute Gasteiger partial charge is 0.238 e. The number of allylic oxidation sites excluding steroid dienone is 2. The first-order valence-corrected chi connectivity index (χ1v) is 12.7. The lowest BCUT2D eigenvalue weighted by Crippen LogP contribution is -2.31. The molecule has 0 aromatic heterocycles. The summed E-state index contributed by atoms with van der Waals surface area (Å²) >= 11 is 0. The van der Waals surface area contributed by atoms with Crippen LogP contribution in [0.4, 0.5) is 5.69 Å². The number of carbonyl (C=O) groups is 2. The Kier molecular flexibility index (Phi) is 6.26. The van der Waals surface area contributed by atoms with E-state index in [1.54, 1.807) is 31.4 Å². The van der Waals surface area contributed by atoms with E-state index in [1.165, 1.54) is 4.90 Å². The van der Waals surface area contributed by atoms with Crippen molar-refractivity contribution in [2.45, 2.75) is 11.8 Å². The molecule has 0 radical (unpaired) electrons. The van der Waals surface area contributed by atoms with Gasteiger partial charge in [-0.3, -0.25) is 9.59 Å². The van der Waals surface area contributed by atoms with Crippen molar-refractivity contribution in [1.29, 1.82) is 0 Å². The molecule has 0 saturated carbocycles. The van der Waals surface area contributed by atoms with E-state index in [4.69, 9.17) is 9.47 Å². The number of benzene rings is 4. The highest BCUT2D eigenvalue weighted by Gasteiger charge is 2.55. The van der Waals surface area contributed by atoms with Crippen LogP contribution in [0.3, 0.4) is 0 Å². The minimum absolute atomic E-state index is 0.169. The third kappa shape index (κ3) is 4.16. The summed E-state index contributed by atoms with van der Waals surface area (Å²) in [4.78, 5) is 29.4. The van der Waals surface area contributed by atoms with E-state index >= 15 is 0 Å². The van der Waals surface area contributed by atoms with E-state index in [2.05, 4.69) is 12.2 Å². The summed E-state index contributed by atoms with van der Waals surface area (Å²) < 4.78 is 11.4. The topological polar surface area (TPSA) is 55.8 Å². The molecular weight excluding hydrogens is 474 g/mol. The Morgan fingerprint density at radius 1 is 0.579 bits per heavy atom. The van der Waals surface area contributed by atoms with Crippen LogP contribution in [0.1, 0.15) is 23.0 Å². The van der Waals surface area contributed by atoms with Gasteiger partial charge in [0, 0.05) is 11.8 Å². The monoisotopic (exact) mass is 501 g/mol. The van der Waals surface area contributed by atoms with Gasteiger partial charge in [-0.1, -0.05) is 84.9 Å². The van der Waals surface area contributed by atoms with Crippen LogP contribution in [0.15, 0.2) is 121 Å². The average Bonchev–Trinajstić information content (AvgIpc) is 3.24. The van der Waals surface area contributed by atoms with Gasteiger partial charge in [-0.2, -0.15) is 0 Å². The quantitative estimate of drug-likeness (QED) is 0.217. The molecule has 0 N–H and O–H groups in total. The highest BCUT2D eigenvalue weighted by atomic mass is 16.5. The van der Waals surface area contributed by atoms with E-state index in [1.807, 2.05) is 84.9 Å². The Bertz CT molecular complexity index is 1410. The number of anilines is 1. The molecule has 1 aliphatic carbocycles. The fourth-order valence-corrected chi connectivity index (χ4v) is 5.68. The van der Waals surface area contributed by atoms with Crippen molar-refractivity contribution in [3.63, 3.8) is 0 Å². The summed E-state index contributed by atoms with van der Waals surface area (Å²) in [5.74, 6) is 0.151. The van der Waals surface area contributed by atoms with Crippen molar-refractivity contribution in [3.05, 3.63) is 132 Å². The predicted octanol–water partition coefficient (Wildman–Crippen LogP) is 6.73. The molecule has 0 bridgehead atoms. The van der Waals surface area contributed by atoms with Gasteiger partial charge in [-0.15, -0.1) is 0 Å². The molecule has 4 aromatic carbocycles. The third-order valence-electron chi connectivity index (χ3n) is 7.46. The fourth-order valence-electron chi connectivity index (χ4n) is 5.68. The predicted molar refractivity (Wildman–Crippen MR) is 146 cm³/mol. The Morgan fingerprint density at radius 3 is 1.55 bits per heavy atom. The van der Waals surface area contributed by atoms with E-state index < -0.39 is 11.8 Å². The number of para-hydroxylation sites is 2. The van der Waals surface area contributed by atoms with Crippen molar-refractivity contribution in [1.82, 2.24) is 0 Å². The number of fused-ring (bicyclic) bond motifs is 1. The molecular formula is C33H27NO4. The Hall–Kier alpha value is -4.64. The van der Waals surface area contributed by atoms with Crippen molar-refractivity contribution in [2.75, 3.05) is 12.0 Å². The number of hydrogen-bond donors (Lipinski definition) is 0. The molecule has 2 aliphatic rings. The molecule has 0 spiro atoms. The van der Waals surface area contributed by atoms with Crippen LogP contribution in [0.5, 0.6) is 17.2 Å². The van der Waals surface area contributed by atoms with Crippen LogP contribution in [0, 0.1) is 11.8 Å². The first kappa shape index (κ1) is 23.7. The third-order valence-corrected chi connectivity index (χ3v) is 7.46. The van der Waals surface area contributed by atoms with Crippen molar-refractivity contribution < 1.29 is 19.1 Å². The van der Waals surface area contributed by atoms with E-state index in [0.29, 0.717) is 22.9 Å². The summed E-state index contributed by atoms with van der Waals surface area (Å²) in [7, 11) is 1.59. The van der Waals surface area contributed by atoms with Crippen LogP contribution >= 0.6 is 0 Å². The van der Waals surface area contributed by atoms with E-state index in [0.717, 1.165) is 11.1 Å². The summed E-state index contributed by atoms with van der Waals surface area (Å²) in [6.45, 7) is 0. The minimum atomic E-state index is -0.482. The number of hydrogen-bond acceptors (Lipinski definition) is 4. The number of ether oxygens (including phenoxy) is 2. The summed E-state index contributed by atoms with van der Waals surface area (Å²) in [6.07, 6.45) is 4.21. The summed E-state index contributed by atoms with van der Waals surface area (Å²) in [5, 5.41) is 0. The lowest BCUT2D eigenvalue weighted by Gasteiger charge is -2.32. The first-order valence-electron chi connectivity index (χ1n) is 12.7. The van der Waals surface area contributed by atoms with E-state index in [9.17, 15) is 9.59 Å². The van der Waals surface area contributed by atoms with Crippen molar-refractivity contribution in [2.24, 2.45) is 11.8 Å². The maximum Gasteiger partial charge on any atom is 0.238 e. The zero-order valence-electron chi connectivity index (χ0n) is 20.9. The van der Waals surface area contributed by atoms with Crippen molar-refractivity contribution >= 4 is 17.5 Å². The zero-order valence-corrected chi connectivity index (χ0v) is 20.9. The maximum atomic E-state index is 14.0. The highest BCUT2D eigenvalue weighted by Crippen LogP contribution is 2.50. The lowest BCUT2D eigenvalue weighted by atomic mass is 9.68. The minimum Gasteiger partial charge on any atom is -0.493 e. The number of rotatable bonds is 6. The second-order valence-electron chi connectivity index (χ2n) is 9.57. The standard InChI is InChI=1S/C33H27NO4/c1-37-28-14-8-9-15-29(28)38-25-18-16-24(17-19-25)34-32(35)30-26(22-10-4-2-5-11-22)20-21-27(31(30)33(34)36)23-12-6-3-7-13-23/h2-21,26-27,30-31H,1H3/t26-,27-,30-,31+/m0/s1. The molecule has 1 aliphatic heterocycles. The van der Waals surface area contributed by atoms with Crippen LogP contribution in [0.25, 0.3) is 0 Å². The zero-order chi connectivity index (χ0) is 26.1. The van der Waals surface area contributed by atoms with Crippen LogP contribution < -0.4 is 14.4 Å². The lowest BCUT2D eigenvalue weighted by molar-refractivity contribution is -0.122. The van der Waals surface area contributed by atoms with Gasteiger partial charge in [-0.25, -0.2) is 4.90 Å². The van der Waals surface area contributed by atoms with Gasteiger partial charge in [0.25, 0.3) is 0 Å². The molecule has 2 amide bonds. The Morgan fingerprint density at radius 2 is 1.05 bits per heavy atom. The van der Waals surface area contributed by atoms with Gasteiger partial charge < -0.3 is 9.47 Å². The van der Waals surface area contributed by atoms with Gasteiger partial charge in [0.05, 0.1) is 24.6 Å². The highest BCUT2D eigenvalue weighted by molar-refractivity contribution is 6.23. The fraction of sp³-hybridized carbons (Fsp3) is 0.152. The average molecular weight is 502 g/mol. The molecule has 1 saturated heterocycles.